The number of nitrogens with one attached hydrogen (secondary N) is 1. The van der Waals surface area contributed by atoms with E-state index in [1.807, 2.05) is 12.1 Å². The van der Waals surface area contributed by atoms with Crippen LogP contribution in [0.15, 0.2) is 70.7 Å². The molecule has 3 rings (SSSR count). The Morgan fingerprint density at radius 3 is 2.36 bits per heavy atom. The first-order chi connectivity index (χ1) is 15.7. The molecule has 1 amide bonds. The average Bonchev–Trinajstić information content (AvgIpc) is 2.80. The molecule has 0 bridgehead atoms. The van der Waals surface area contributed by atoms with Crippen molar-refractivity contribution in [1.82, 2.24) is 9.99 Å². The molecule has 0 saturated carbocycles. The maximum Gasteiger partial charge on any atom is 0.276 e. The van der Waals surface area contributed by atoms with Gasteiger partial charge in [-0.05, 0) is 52.4 Å². The van der Waals surface area contributed by atoms with Crippen LogP contribution in [-0.2, 0) is 12.0 Å². The van der Waals surface area contributed by atoms with Gasteiger partial charge in [0.05, 0.1) is 27.0 Å². The topological polar surface area (TPSA) is 81.9 Å². The van der Waals surface area contributed by atoms with Crippen molar-refractivity contribution in [3.63, 3.8) is 0 Å². The van der Waals surface area contributed by atoms with Crippen LogP contribution in [0.1, 0.15) is 47.8 Å². The fourth-order valence-corrected chi connectivity index (χ4v) is 3.30. The van der Waals surface area contributed by atoms with Gasteiger partial charge < -0.3 is 14.0 Å². The minimum Gasteiger partial charge on any atom is -0.493 e. The summed E-state index contributed by atoms with van der Waals surface area (Å²) in [6.07, 6.45) is 3.14. The summed E-state index contributed by atoms with van der Waals surface area (Å²) in [5.74, 6) is 0.569. The molecule has 0 aliphatic carbocycles. The number of carbonyl (C=O) groups is 1. The number of hydrogen-bond acceptors (Lipinski definition) is 5. The van der Waals surface area contributed by atoms with Gasteiger partial charge in [0.25, 0.3) is 11.5 Å². The molecule has 7 nitrogen and oxygen atoms in total. The monoisotopic (exact) mass is 447 g/mol. The van der Waals surface area contributed by atoms with Gasteiger partial charge in [0.15, 0.2) is 11.5 Å². The van der Waals surface area contributed by atoms with Crippen molar-refractivity contribution < 1.29 is 14.3 Å². The summed E-state index contributed by atoms with van der Waals surface area (Å²) < 4.78 is 12.0. The minimum absolute atomic E-state index is 0.0215. The normalized spacial score (nSPS) is 11.4. The molecule has 2 aromatic carbocycles. The Hall–Kier alpha value is -3.87. The molecule has 1 aromatic heterocycles. The first kappa shape index (κ1) is 23.8. The summed E-state index contributed by atoms with van der Waals surface area (Å²) in [5.41, 5.74) is 5.03. The number of hydrogen-bond donors (Lipinski definition) is 1. The van der Waals surface area contributed by atoms with Crippen LogP contribution >= 0.6 is 0 Å². The lowest BCUT2D eigenvalue weighted by molar-refractivity contribution is 0.0953. The Morgan fingerprint density at radius 1 is 1.03 bits per heavy atom. The Kier molecular flexibility index (Phi) is 7.33. The van der Waals surface area contributed by atoms with Crippen molar-refractivity contribution >= 4 is 12.1 Å². The third-order valence-electron chi connectivity index (χ3n) is 5.22. The van der Waals surface area contributed by atoms with E-state index in [2.05, 4.69) is 43.4 Å². The number of methoxy groups -OCH3 is 2. The van der Waals surface area contributed by atoms with Crippen molar-refractivity contribution in [3.8, 4) is 11.5 Å². The van der Waals surface area contributed by atoms with Crippen LogP contribution in [0.25, 0.3) is 0 Å². The van der Waals surface area contributed by atoms with E-state index >= 15 is 0 Å². The maximum atomic E-state index is 12.8. The number of aromatic nitrogens is 1. The SMILES string of the molecule is COc1ccc(/C=N\NC(=O)c2cccn(Cc3ccc(C(C)(C)C)cc3)c2=O)cc1OC. The fourth-order valence-electron chi connectivity index (χ4n) is 3.30. The highest BCUT2D eigenvalue weighted by Crippen LogP contribution is 2.26. The molecular weight excluding hydrogens is 418 g/mol. The Balaban J connectivity index is 1.71. The van der Waals surface area contributed by atoms with E-state index in [4.69, 9.17) is 9.47 Å². The molecule has 0 aliphatic rings. The zero-order valence-electron chi connectivity index (χ0n) is 19.6. The van der Waals surface area contributed by atoms with Crippen LogP contribution in [0.2, 0.25) is 0 Å². The highest BCUT2D eigenvalue weighted by atomic mass is 16.5. The van der Waals surface area contributed by atoms with E-state index in [1.165, 1.54) is 22.4 Å². The summed E-state index contributed by atoms with van der Waals surface area (Å²) in [6.45, 7) is 6.84. The highest BCUT2D eigenvalue weighted by Gasteiger charge is 2.14. The van der Waals surface area contributed by atoms with Crippen molar-refractivity contribution in [2.24, 2.45) is 5.10 Å². The minimum atomic E-state index is -0.575. The molecule has 0 aliphatic heterocycles. The predicted molar refractivity (Wildman–Crippen MR) is 130 cm³/mol. The largest absolute Gasteiger partial charge is 0.493 e. The standard InChI is InChI=1S/C26H29N3O4/c1-26(2,3)20-11-8-18(9-12-20)17-29-14-6-7-21(25(29)31)24(30)28-27-16-19-10-13-22(32-4)23(15-19)33-5/h6-16H,17H2,1-5H3,(H,28,30)/b27-16-. The number of rotatable bonds is 7. The molecule has 0 atom stereocenters. The third kappa shape index (κ3) is 5.88. The molecule has 3 aromatic rings. The number of nitrogens with zero attached hydrogens (tertiary/aromatic N) is 2. The maximum absolute atomic E-state index is 12.8. The van der Waals surface area contributed by atoms with E-state index < -0.39 is 5.91 Å². The molecule has 33 heavy (non-hydrogen) atoms. The van der Waals surface area contributed by atoms with E-state index in [-0.39, 0.29) is 16.5 Å². The number of ether oxygens (including phenoxy) is 2. The molecule has 1 heterocycles. The summed E-state index contributed by atoms with van der Waals surface area (Å²) in [7, 11) is 3.10. The molecule has 0 spiro atoms. The molecule has 0 saturated heterocycles. The summed E-state index contributed by atoms with van der Waals surface area (Å²) in [6, 6.07) is 16.6. The van der Waals surface area contributed by atoms with Gasteiger partial charge in [-0.25, -0.2) is 5.43 Å². The van der Waals surface area contributed by atoms with Crippen molar-refractivity contribution in [2.45, 2.75) is 32.7 Å². The van der Waals surface area contributed by atoms with E-state index in [0.717, 1.165) is 5.56 Å². The van der Waals surface area contributed by atoms with Gasteiger partial charge in [0.2, 0.25) is 0 Å². The molecular formula is C26H29N3O4. The lowest BCUT2D eigenvalue weighted by atomic mass is 9.87. The van der Waals surface area contributed by atoms with E-state index in [0.29, 0.717) is 23.6 Å². The van der Waals surface area contributed by atoms with Gasteiger partial charge in [0, 0.05) is 6.20 Å². The fraction of sp³-hybridized carbons (Fsp3) is 0.269. The smallest absolute Gasteiger partial charge is 0.276 e. The van der Waals surface area contributed by atoms with Crippen LogP contribution < -0.4 is 20.5 Å². The average molecular weight is 448 g/mol. The second-order valence-corrected chi connectivity index (χ2v) is 8.62. The lowest BCUT2D eigenvalue weighted by Gasteiger charge is -2.19. The van der Waals surface area contributed by atoms with Crippen LogP contribution in [0.5, 0.6) is 11.5 Å². The second kappa shape index (κ2) is 10.2. The van der Waals surface area contributed by atoms with Crippen molar-refractivity contribution in [3.05, 3.63) is 93.4 Å². The molecule has 1 N–H and O–H groups in total. The third-order valence-corrected chi connectivity index (χ3v) is 5.22. The zero-order chi connectivity index (χ0) is 24.0. The van der Waals surface area contributed by atoms with Crippen molar-refractivity contribution in [2.75, 3.05) is 14.2 Å². The van der Waals surface area contributed by atoms with Crippen LogP contribution in [0, 0.1) is 0 Å². The van der Waals surface area contributed by atoms with Gasteiger partial charge in [-0.3, -0.25) is 9.59 Å². The second-order valence-electron chi connectivity index (χ2n) is 8.62. The van der Waals surface area contributed by atoms with Crippen LogP contribution in [0.4, 0.5) is 0 Å². The number of carbonyl (C=O) groups excluding carboxylic acids is 1. The van der Waals surface area contributed by atoms with E-state index in [1.54, 1.807) is 44.7 Å². The van der Waals surface area contributed by atoms with Gasteiger partial charge >= 0.3 is 0 Å². The molecule has 0 fully saturated rings. The molecule has 0 radical (unpaired) electrons. The van der Waals surface area contributed by atoms with Gasteiger partial charge in [0.1, 0.15) is 5.56 Å². The van der Waals surface area contributed by atoms with Crippen LogP contribution in [0.3, 0.4) is 0 Å². The summed E-state index contributed by atoms with van der Waals surface area (Å²) >= 11 is 0. The quantitative estimate of drug-likeness (QED) is 0.439. The number of pyridine rings is 1. The first-order valence-corrected chi connectivity index (χ1v) is 10.6. The number of hydrazone groups is 1. The number of benzene rings is 2. The van der Waals surface area contributed by atoms with Gasteiger partial charge in [-0.2, -0.15) is 5.10 Å². The van der Waals surface area contributed by atoms with Crippen LogP contribution in [-0.4, -0.2) is 30.9 Å². The van der Waals surface area contributed by atoms with Crippen molar-refractivity contribution in [1.29, 1.82) is 0 Å². The highest BCUT2D eigenvalue weighted by molar-refractivity contribution is 5.94. The van der Waals surface area contributed by atoms with Gasteiger partial charge in [-0.15, -0.1) is 0 Å². The predicted octanol–water partition coefficient (Wildman–Crippen LogP) is 3.98. The Labute approximate surface area is 193 Å². The Bertz CT molecular complexity index is 1210. The summed E-state index contributed by atoms with van der Waals surface area (Å²) in [4.78, 5) is 25.4. The summed E-state index contributed by atoms with van der Waals surface area (Å²) in [5, 5.41) is 3.97. The lowest BCUT2D eigenvalue weighted by Crippen LogP contribution is -2.30. The zero-order valence-corrected chi connectivity index (χ0v) is 19.6. The number of amides is 1. The van der Waals surface area contributed by atoms with Gasteiger partial charge in [-0.1, -0.05) is 45.0 Å². The molecule has 172 valence electrons. The first-order valence-electron chi connectivity index (χ1n) is 10.6. The molecule has 0 unspecified atom stereocenters. The van der Waals surface area contributed by atoms with E-state index in [9.17, 15) is 9.59 Å². The Morgan fingerprint density at radius 2 is 1.73 bits per heavy atom. The molecule has 7 heteroatoms.